The molecule has 0 aliphatic carbocycles. The van der Waals surface area contributed by atoms with Crippen molar-refractivity contribution in [3.05, 3.63) is 28.8 Å². The van der Waals surface area contributed by atoms with Crippen LogP contribution in [0.1, 0.15) is 26.3 Å². The Hall–Kier alpha value is -0.770. The molecule has 0 fully saturated rings. The van der Waals surface area contributed by atoms with E-state index in [1.807, 2.05) is 32.0 Å². The zero-order valence-electron chi connectivity index (χ0n) is 10.5. The molecule has 0 aliphatic rings. The Kier molecular flexibility index (Phi) is 5.75. The van der Waals surface area contributed by atoms with Crippen LogP contribution in [0.5, 0.6) is 5.75 Å². The second kappa shape index (κ2) is 6.84. The zero-order chi connectivity index (χ0) is 12.8. The molecule has 1 aromatic carbocycles. The monoisotopic (exact) mass is 257 g/mol. The fourth-order valence-corrected chi connectivity index (χ4v) is 1.60. The van der Waals surface area contributed by atoms with Crippen molar-refractivity contribution in [3.8, 4) is 5.75 Å². The van der Waals surface area contributed by atoms with E-state index in [-0.39, 0.29) is 6.10 Å². The van der Waals surface area contributed by atoms with E-state index in [1.54, 1.807) is 6.92 Å². The highest BCUT2D eigenvalue weighted by Gasteiger charge is 2.14. The molecule has 3 nitrogen and oxygen atoms in total. The molecule has 2 N–H and O–H groups in total. The number of ether oxygens (including phenoxy) is 1. The largest absolute Gasteiger partial charge is 0.488 e. The van der Waals surface area contributed by atoms with Gasteiger partial charge in [-0.25, -0.2) is 0 Å². The summed E-state index contributed by atoms with van der Waals surface area (Å²) >= 11 is 6.15. The van der Waals surface area contributed by atoms with Crippen molar-refractivity contribution in [2.24, 2.45) is 0 Å². The van der Waals surface area contributed by atoms with Crippen molar-refractivity contribution in [1.82, 2.24) is 5.32 Å². The number of hydrogen-bond donors (Lipinski definition) is 2. The normalized spacial score (nSPS) is 14.4. The molecule has 2 unspecified atom stereocenters. The number of rotatable bonds is 6. The van der Waals surface area contributed by atoms with Gasteiger partial charge in [-0.2, -0.15) is 0 Å². The van der Waals surface area contributed by atoms with Crippen LogP contribution in [-0.4, -0.2) is 23.9 Å². The minimum absolute atomic E-state index is 0.256. The lowest BCUT2D eigenvalue weighted by Gasteiger charge is -2.20. The van der Waals surface area contributed by atoms with E-state index >= 15 is 0 Å². The summed E-state index contributed by atoms with van der Waals surface area (Å²) in [6.45, 7) is 7.12. The third-order valence-electron chi connectivity index (χ3n) is 2.62. The van der Waals surface area contributed by atoms with Gasteiger partial charge in [0.25, 0.3) is 0 Å². The first-order valence-electron chi connectivity index (χ1n) is 5.89. The van der Waals surface area contributed by atoms with Crippen molar-refractivity contribution < 1.29 is 9.84 Å². The Balaban J connectivity index is 2.86. The molecule has 0 saturated heterocycles. The summed E-state index contributed by atoms with van der Waals surface area (Å²) in [6.07, 6.45) is -0.769. The van der Waals surface area contributed by atoms with Gasteiger partial charge in [-0.3, -0.25) is 0 Å². The van der Waals surface area contributed by atoms with Crippen LogP contribution in [0.2, 0.25) is 5.02 Å². The molecule has 4 heteroatoms. The topological polar surface area (TPSA) is 41.5 Å². The fourth-order valence-electron chi connectivity index (χ4n) is 1.37. The molecule has 0 amide bonds. The smallest absolute Gasteiger partial charge is 0.125 e. The molecule has 17 heavy (non-hydrogen) atoms. The molecule has 0 aliphatic heterocycles. The molecule has 0 bridgehead atoms. The molecule has 0 heterocycles. The summed E-state index contributed by atoms with van der Waals surface area (Å²) in [5.41, 5.74) is 0.934. The van der Waals surface area contributed by atoms with Gasteiger partial charge >= 0.3 is 0 Å². The highest BCUT2D eigenvalue weighted by Crippen LogP contribution is 2.27. The van der Waals surface area contributed by atoms with Crippen LogP contribution >= 0.6 is 11.6 Å². The minimum Gasteiger partial charge on any atom is -0.488 e. The van der Waals surface area contributed by atoms with Gasteiger partial charge in [-0.1, -0.05) is 24.6 Å². The second-order valence-electron chi connectivity index (χ2n) is 4.06. The van der Waals surface area contributed by atoms with Gasteiger partial charge in [-0.05, 0) is 32.5 Å². The van der Waals surface area contributed by atoms with Gasteiger partial charge in [0.1, 0.15) is 11.9 Å². The maximum atomic E-state index is 9.44. The van der Waals surface area contributed by atoms with Crippen LogP contribution in [0, 0.1) is 0 Å². The Bertz CT molecular complexity index is 355. The third kappa shape index (κ3) is 4.19. The van der Waals surface area contributed by atoms with E-state index in [9.17, 15) is 5.11 Å². The quantitative estimate of drug-likeness (QED) is 0.823. The SMILES string of the molecule is CCNCc1c(Cl)cccc1OC(C)C(C)O. The van der Waals surface area contributed by atoms with Crippen LogP contribution in [0.25, 0.3) is 0 Å². The Morgan fingerprint density at radius 2 is 2.12 bits per heavy atom. The molecule has 0 spiro atoms. The number of halogens is 1. The highest BCUT2D eigenvalue weighted by atomic mass is 35.5. The highest BCUT2D eigenvalue weighted by molar-refractivity contribution is 6.31. The molecular formula is C13H20ClNO2. The first kappa shape index (κ1) is 14.3. The van der Waals surface area contributed by atoms with Gasteiger partial charge in [0.2, 0.25) is 0 Å². The number of aliphatic hydroxyl groups is 1. The minimum atomic E-state index is -0.513. The second-order valence-corrected chi connectivity index (χ2v) is 4.47. The summed E-state index contributed by atoms with van der Waals surface area (Å²) in [6, 6.07) is 5.56. The fraction of sp³-hybridized carbons (Fsp3) is 0.538. The van der Waals surface area contributed by atoms with Crippen molar-refractivity contribution in [1.29, 1.82) is 0 Å². The van der Waals surface area contributed by atoms with Crippen molar-refractivity contribution in [2.45, 2.75) is 39.5 Å². The van der Waals surface area contributed by atoms with E-state index in [1.165, 1.54) is 0 Å². The standard InChI is InChI=1S/C13H20ClNO2/c1-4-15-8-11-12(14)6-5-7-13(11)17-10(3)9(2)16/h5-7,9-10,15-16H,4,8H2,1-3H3. The van der Waals surface area contributed by atoms with E-state index in [2.05, 4.69) is 5.32 Å². The average molecular weight is 258 g/mol. The molecule has 0 aromatic heterocycles. The van der Waals surface area contributed by atoms with Crippen LogP contribution in [-0.2, 0) is 6.54 Å². The van der Waals surface area contributed by atoms with Crippen LogP contribution in [0.3, 0.4) is 0 Å². The summed E-state index contributed by atoms with van der Waals surface area (Å²) in [7, 11) is 0. The molecule has 1 rings (SSSR count). The van der Waals surface area contributed by atoms with E-state index in [4.69, 9.17) is 16.3 Å². The van der Waals surface area contributed by atoms with Gasteiger partial charge in [0.05, 0.1) is 6.10 Å². The van der Waals surface area contributed by atoms with Crippen LogP contribution in [0.4, 0.5) is 0 Å². The predicted molar refractivity (Wildman–Crippen MR) is 70.6 cm³/mol. The summed E-state index contributed by atoms with van der Waals surface area (Å²) in [4.78, 5) is 0. The molecule has 96 valence electrons. The van der Waals surface area contributed by atoms with Crippen molar-refractivity contribution >= 4 is 11.6 Å². The molecule has 2 atom stereocenters. The summed E-state index contributed by atoms with van der Waals surface area (Å²) < 4.78 is 5.71. The number of nitrogens with one attached hydrogen (secondary N) is 1. The average Bonchev–Trinajstić information content (AvgIpc) is 2.28. The lowest BCUT2D eigenvalue weighted by Crippen LogP contribution is -2.26. The number of aliphatic hydroxyl groups excluding tert-OH is 1. The third-order valence-corrected chi connectivity index (χ3v) is 2.97. The van der Waals surface area contributed by atoms with Gasteiger partial charge < -0.3 is 15.2 Å². The maximum Gasteiger partial charge on any atom is 0.125 e. The molecule has 0 saturated carbocycles. The molecule has 1 aromatic rings. The first-order valence-corrected chi connectivity index (χ1v) is 6.26. The lowest BCUT2D eigenvalue weighted by atomic mass is 10.2. The summed E-state index contributed by atoms with van der Waals surface area (Å²) in [5, 5.41) is 13.3. The van der Waals surface area contributed by atoms with Gasteiger partial charge in [-0.15, -0.1) is 0 Å². The van der Waals surface area contributed by atoms with Gasteiger partial charge in [0, 0.05) is 17.1 Å². The molecule has 0 radical (unpaired) electrons. The first-order chi connectivity index (χ1) is 8.06. The van der Waals surface area contributed by atoms with Gasteiger partial charge in [0.15, 0.2) is 0 Å². The summed E-state index contributed by atoms with van der Waals surface area (Å²) in [5.74, 6) is 0.729. The predicted octanol–water partition coefficient (Wildman–Crippen LogP) is 2.60. The zero-order valence-corrected chi connectivity index (χ0v) is 11.3. The van der Waals surface area contributed by atoms with E-state index in [0.717, 1.165) is 17.9 Å². The number of benzene rings is 1. The maximum absolute atomic E-state index is 9.44. The number of hydrogen-bond acceptors (Lipinski definition) is 3. The Labute approximate surface area is 108 Å². The Morgan fingerprint density at radius 1 is 1.41 bits per heavy atom. The van der Waals surface area contributed by atoms with Crippen LogP contribution < -0.4 is 10.1 Å². The molecular weight excluding hydrogens is 238 g/mol. The van der Waals surface area contributed by atoms with E-state index in [0.29, 0.717) is 11.6 Å². The van der Waals surface area contributed by atoms with Crippen LogP contribution in [0.15, 0.2) is 18.2 Å². The van der Waals surface area contributed by atoms with Crippen molar-refractivity contribution in [2.75, 3.05) is 6.54 Å². The lowest BCUT2D eigenvalue weighted by molar-refractivity contribution is 0.0598. The van der Waals surface area contributed by atoms with Crippen molar-refractivity contribution in [3.63, 3.8) is 0 Å². The Morgan fingerprint density at radius 3 is 2.71 bits per heavy atom. The van der Waals surface area contributed by atoms with E-state index < -0.39 is 6.10 Å².